The molecule has 0 spiro atoms. The van der Waals surface area contributed by atoms with Crippen molar-refractivity contribution in [3.63, 3.8) is 0 Å². The summed E-state index contributed by atoms with van der Waals surface area (Å²) in [4.78, 5) is 28.7. The summed E-state index contributed by atoms with van der Waals surface area (Å²) < 4.78 is 5.33. The van der Waals surface area contributed by atoms with E-state index in [1.807, 2.05) is 0 Å². The fraction of sp³-hybridized carbons (Fsp3) is 0.615. The maximum absolute atomic E-state index is 12.2. The van der Waals surface area contributed by atoms with Crippen molar-refractivity contribution in [2.45, 2.75) is 46.2 Å². The first-order chi connectivity index (χ1) is 9.20. The number of carbonyl (C=O) groups is 2. The summed E-state index contributed by atoms with van der Waals surface area (Å²) in [6.07, 6.45) is 1.57. The van der Waals surface area contributed by atoms with E-state index in [-0.39, 0.29) is 6.54 Å². The van der Waals surface area contributed by atoms with Crippen molar-refractivity contribution in [3.8, 4) is 0 Å². The number of carboxylic acids is 1. The van der Waals surface area contributed by atoms with Gasteiger partial charge in [-0.15, -0.1) is 0 Å². The second-order valence-electron chi connectivity index (χ2n) is 5.09. The van der Waals surface area contributed by atoms with Crippen LogP contribution in [0.3, 0.4) is 0 Å². The fourth-order valence-electron chi connectivity index (χ4n) is 1.81. The lowest BCUT2D eigenvalue weighted by Gasteiger charge is -2.34. The van der Waals surface area contributed by atoms with Gasteiger partial charge in [0, 0.05) is 6.54 Å². The Hall–Kier alpha value is -2.05. The molecule has 0 bridgehead atoms. The highest BCUT2D eigenvalue weighted by Crippen LogP contribution is 2.17. The number of carboxylic acid groups (broad SMARTS) is 1. The number of aliphatic carboxylic acids is 1. The molecule has 0 aliphatic heterocycles. The number of carbonyl (C=O) groups excluding carboxylic acids is 1. The van der Waals surface area contributed by atoms with Crippen LogP contribution in [0.2, 0.25) is 0 Å². The third-order valence-corrected chi connectivity index (χ3v) is 3.11. The molecular weight excluding hydrogens is 262 g/mol. The van der Waals surface area contributed by atoms with Crippen LogP contribution in [0.1, 0.15) is 45.4 Å². The number of likely N-dealkylation sites (N-methyl/N-ethyl adjacent to an activating group) is 1. The molecule has 1 heterocycles. The number of aryl methyl sites for hydroxylation is 1. The highest BCUT2D eigenvalue weighted by atomic mass is 16.4. The van der Waals surface area contributed by atoms with Gasteiger partial charge < -0.3 is 19.7 Å². The Kier molecular flexibility index (Phi) is 4.75. The highest BCUT2D eigenvalue weighted by molar-refractivity contribution is 5.85. The minimum absolute atomic E-state index is 0.280. The first-order valence-electron chi connectivity index (χ1n) is 6.44. The SMILES string of the molecule is CCN(C(=O)NC(C)c1ncc(C)o1)C(C)(C)C(=O)O. The number of hydrogen-bond acceptors (Lipinski definition) is 4. The first kappa shape index (κ1) is 16.0. The Morgan fingerprint density at radius 2 is 2.15 bits per heavy atom. The largest absolute Gasteiger partial charge is 0.480 e. The lowest BCUT2D eigenvalue weighted by molar-refractivity contribution is -0.147. The van der Waals surface area contributed by atoms with Crippen molar-refractivity contribution in [1.82, 2.24) is 15.2 Å². The highest BCUT2D eigenvalue weighted by Gasteiger charge is 2.37. The van der Waals surface area contributed by atoms with Crippen LogP contribution < -0.4 is 5.32 Å². The summed E-state index contributed by atoms with van der Waals surface area (Å²) in [6.45, 7) is 8.46. The van der Waals surface area contributed by atoms with Gasteiger partial charge in [-0.25, -0.2) is 14.6 Å². The number of nitrogens with zero attached hydrogens (tertiary/aromatic N) is 2. The second kappa shape index (κ2) is 5.94. The number of oxazole rings is 1. The van der Waals surface area contributed by atoms with Gasteiger partial charge >= 0.3 is 12.0 Å². The van der Waals surface area contributed by atoms with Crippen LogP contribution in [0.4, 0.5) is 4.79 Å². The molecule has 1 aromatic rings. The third kappa shape index (κ3) is 3.28. The number of hydrogen-bond donors (Lipinski definition) is 2. The van der Waals surface area contributed by atoms with E-state index in [9.17, 15) is 14.7 Å². The molecule has 0 aromatic carbocycles. The van der Waals surface area contributed by atoms with E-state index < -0.39 is 23.6 Å². The predicted molar refractivity (Wildman–Crippen MR) is 72.3 cm³/mol. The molecule has 1 atom stereocenters. The zero-order chi connectivity index (χ0) is 15.5. The predicted octanol–water partition coefficient (Wildman–Crippen LogP) is 1.94. The Morgan fingerprint density at radius 1 is 1.55 bits per heavy atom. The smallest absolute Gasteiger partial charge is 0.329 e. The summed E-state index contributed by atoms with van der Waals surface area (Å²) in [5.41, 5.74) is -1.29. The Morgan fingerprint density at radius 3 is 2.55 bits per heavy atom. The molecule has 0 saturated heterocycles. The lowest BCUT2D eigenvalue weighted by Crippen LogP contribution is -2.56. The molecule has 0 saturated carbocycles. The minimum Gasteiger partial charge on any atom is -0.480 e. The molecule has 2 N–H and O–H groups in total. The van der Waals surface area contributed by atoms with Crippen LogP contribution in [0, 0.1) is 6.92 Å². The topological polar surface area (TPSA) is 95.7 Å². The van der Waals surface area contributed by atoms with E-state index in [1.54, 1.807) is 27.0 Å². The molecule has 7 nitrogen and oxygen atoms in total. The molecule has 1 rings (SSSR count). The maximum Gasteiger partial charge on any atom is 0.329 e. The zero-order valence-corrected chi connectivity index (χ0v) is 12.4. The Bertz CT molecular complexity index is 496. The van der Waals surface area contributed by atoms with Crippen molar-refractivity contribution in [3.05, 3.63) is 17.8 Å². The van der Waals surface area contributed by atoms with Crippen LogP contribution in [-0.2, 0) is 4.79 Å². The van der Waals surface area contributed by atoms with Gasteiger partial charge in [0.1, 0.15) is 17.3 Å². The van der Waals surface area contributed by atoms with Crippen molar-refractivity contribution in [2.24, 2.45) is 0 Å². The van der Waals surface area contributed by atoms with Crippen molar-refractivity contribution < 1.29 is 19.1 Å². The molecule has 20 heavy (non-hydrogen) atoms. The van der Waals surface area contributed by atoms with E-state index in [0.29, 0.717) is 11.7 Å². The molecule has 1 aromatic heterocycles. The Labute approximate surface area is 118 Å². The molecule has 0 aliphatic rings. The van der Waals surface area contributed by atoms with Gasteiger partial charge in [-0.1, -0.05) is 0 Å². The maximum atomic E-state index is 12.2. The van der Waals surface area contributed by atoms with E-state index in [4.69, 9.17) is 4.42 Å². The Balaban J connectivity index is 2.80. The van der Waals surface area contributed by atoms with E-state index in [1.165, 1.54) is 18.7 Å². The van der Waals surface area contributed by atoms with E-state index in [0.717, 1.165) is 0 Å². The van der Waals surface area contributed by atoms with Crippen LogP contribution in [0.25, 0.3) is 0 Å². The van der Waals surface area contributed by atoms with Crippen LogP contribution in [0.5, 0.6) is 0 Å². The van der Waals surface area contributed by atoms with E-state index in [2.05, 4.69) is 10.3 Å². The molecule has 112 valence electrons. The number of urea groups is 1. The number of amides is 2. The number of aromatic nitrogens is 1. The van der Waals surface area contributed by atoms with Crippen molar-refractivity contribution in [1.29, 1.82) is 0 Å². The lowest BCUT2D eigenvalue weighted by atomic mass is 10.0. The van der Waals surface area contributed by atoms with Gasteiger partial charge in [-0.3, -0.25) is 0 Å². The van der Waals surface area contributed by atoms with Gasteiger partial charge in [-0.2, -0.15) is 0 Å². The summed E-state index contributed by atoms with van der Waals surface area (Å²) >= 11 is 0. The van der Waals surface area contributed by atoms with Gasteiger partial charge in [0.05, 0.1) is 6.20 Å². The molecular formula is C13H21N3O4. The van der Waals surface area contributed by atoms with Gasteiger partial charge in [0.2, 0.25) is 5.89 Å². The molecule has 0 fully saturated rings. The standard InChI is InChI=1S/C13H21N3O4/c1-6-16(13(4,5)11(17)18)12(19)15-9(3)10-14-7-8(2)20-10/h7,9H,6H2,1-5H3,(H,15,19)(H,17,18). The molecule has 0 radical (unpaired) electrons. The summed E-state index contributed by atoms with van der Waals surface area (Å²) in [5, 5.41) is 11.9. The average molecular weight is 283 g/mol. The third-order valence-electron chi connectivity index (χ3n) is 3.11. The van der Waals surface area contributed by atoms with Gasteiger partial charge in [-0.05, 0) is 34.6 Å². The molecule has 7 heteroatoms. The first-order valence-corrected chi connectivity index (χ1v) is 6.44. The van der Waals surface area contributed by atoms with Crippen molar-refractivity contribution in [2.75, 3.05) is 6.54 Å². The van der Waals surface area contributed by atoms with Crippen LogP contribution in [-0.4, -0.2) is 39.1 Å². The number of rotatable bonds is 5. The van der Waals surface area contributed by atoms with Crippen molar-refractivity contribution >= 4 is 12.0 Å². The summed E-state index contributed by atoms with van der Waals surface area (Å²) in [5.74, 6) is -0.0199. The average Bonchev–Trinajstić information content (AvgIpc) is 2.76. The zero-order valence-electron chi connectivity index (χ0n) is 12.4. The quantitative estimate of drug-likeness (QED) is 0.861. The number of nitrogens with one attached hydrogen (secondary N) is 1. The second-order valence-corrected chi connectivity index (χ2v) is 5.09. The van der Waals surface area contributed by atoms with Crippen LogP contribution in [0.15, 0.2) is 10.6 Å². The molecule has 1 unspecified atom stereocenters. The molecule has 2 amide bonds. The monoisotopic (exact) mass is 283 g/mol. The summed E-state index contributed by atoms with van der Waals surface area (Å²) in [6, 6.07) is -0.905. The fourth-order valence-corrected chi connectivity index (χ4v) is 1.81. The van der Waals surface area contributed by atoms with E-state index >= 15 is 0 Å². The van der Waals surface area contributed by atoms with Gasteiger partial charge in [0.15, 0.2) is 0 Å². The minimum atomic E-state index is -1.29. The van der Waals surface area contributed by atoms with Gasteiger partial charge in [0.25, 0.3) is 0 Å². The molecule has 0 aliphatic carbocycles. The van der Waals surface area contributed by atoms with Crippen LogP contribution >= 0.6 is 0 Å². The normalized spacial score (nSPS) is 12.8. The summed E-state index contributed by atoms with van der Waals surface area (Å²) in [7, 11) is 0.